The van der Waals surface area contributed by atoms with Crippen LogP contribution >= 0.6 is 0 Å². The third-order valence-corrected chi connectivity index (χ3v) is 12.9. The minimum Gasteiger partial charge on any atom is -0.320 e. The lowest BCUT2D eigenvalue weighted by molar-refractivity contribution is -0.131. The maximum atomic E-state index is 14.1. The molecule has 1 aromatic carbocycles. The molecule has 0 aliphatic rings. The molecule has 4 amide bonds. The molecule has 358 valence electrons. The number of unbranched alkanes of at least 4 members (excludes halogenated alkanes) is 30. The second kappa shape index (κ2) is 37.8. The summed E-state index contributed by atoms with van der Waals surface area (Å²) < 4.78 is 0. The average Bonchev–Trinajstić information content (AvgIpc) is 3.27. The first kappa shape index (κ1) is 57.4. The van der Waals surface area contributed by atoms with Crippen molar-refractivity contribution in [3.05, 3.63) is 35.4 Å². The first-order chi connectivity index (χ1) is 30.0. The summed E-state index contributed by atoms with van der Waals surface area (Å²) in [6.07, 6.45) is 39.8. The second-order valence-electron chi connectivity index (χ2n) is 19.3. The number of hydrogen-bond acceptors (Lipinski definition) is 6. The molecule has 0 saturated carbocycles. The summed E-state index contributed by atoms with van der Waals surface area (Å²) >= 11 is 0. The van der Waals surface area contributed by atoms with Gasteiger partial charge in [0.2, 0.25) is 11.8 Å². The first-order valence-corrected chi connectivity index (χ1v) is 26.3. The summed E-state index contributed by atoms with van der Waals surface area (Å²) in [6, 6.07) is 4.82. The highest BCUT2D eigenvalue weighted by molar-refractivity contribution is 6.09. The van der Waals surface area contributed by atoms with Gasteiger partial charge in [-0.2, -0.15) is 0 Å². The van der Waals surface area contributed by atoms with Gasteiger partial charge in [-0.1, -0.05) is 240 Å². The Kier molecular flexibility index (Phi) is 35.0. The first-order valence-electron chi connectivity index (χ1n) is 26.3. The number of carbonyl (C=O) groups excluding carboxylic acids is 4. The fourth-order valence-corrected chi connectivity index (χ4v) is 8.29. The van der Waals surface area contributed by atoms with Crippen molar-refractivity contribution >= 4 is 23.6 Å². The van der Waals surface area contributed by atoms with E-state index in [1.54, 1.807) is 18.2 Å². The zero-order valence-corrected chi connectivity index (χ0v) is 41.3. The molecule has 8 nitrogen and oxygen atoms in total. The Morgan fingerprint density at radius 2 is 0.629 bits per heavy atom. The number of nitrogens with zero attached hydrogens (tertiary/aromatic N) is 2. The van der Waals surface area contributed by atoms with Crippen LogP contribution in [0.15, 0.2) is 24.3 Å². The molecule has 0 aromatic heterocycles. The highest BCUT2D eigenvalue weighted by Gasteiger charge is 2.31. The van der Waals surface area contributed by atoms with Crippen LogP contribution in [-0.4, -0.2) is 58.6 Å². The van der Waals surface area contributed by atoms with Crippen molar-refractivity contribution in [1.29, 1.82) is 0 Å². The van der Waals surface area contributed by atoms with E-state index in [2.05, 4.69) is 13.8 Å². The van der Waals surface area contributed by atoms with Crippen LogP contribution in [-0.2, 0) is 9.59 Å². The molecule has 8 heteroatoms. The van der Waals surface area contributed by atoms with E-state index in [0.717, 1.165) is 38.5 Å². The zero-order valence-electron chi connectivity index (χ0n) is 41.3. The lowest BCUT2D eigenvalue weighted by atomic mass is 10.0. The molecular weight excluding hydrogens is 769 g/mol. The van der Waals surface area contributed by atoms with Crippen LogP contribution < -0.4 is 11.5 Å². The number of amides is 4. The predicted octanol–water partition coefficient (Wildman–Crippen LogP) is 14.1. The summed E-state index contributed by atoms with van der Waals surface area (Å²) in [5, 5.41) is 0. The van der Waals surface area contributed by atoms with Crippen molar-refractivity contribution < 1.29 is 19.2 Å². The molecule has 62 heavy (non-hydrogen) atoms. The number of imide groups is 2. The summed E-state index contributed by atoms with van der Waals surface area (Å²) in [5.41, 5.74) is 13.1. The van der Waals surface area contributed by atoms with Crippen LogP contribution in [0.2, 0.25) is 0 Å². The third-order valence-electron chi connectivity index (χ3n) is 12.9. The van der Waals surface area contributed by atoms with Crippen molar-refractivity contribution in [2.75, 3.05) is 13.1 Å². The molecule has 0 unspecified atom stereocenters. The van der Waals surface area contributed by atoms with E-state index in [9.17, 15) is 19.2 Å². The van der Waals surface area contributed by atoms with Crippen molar-refractivity contribution in [1.82, 2.24) is 9.80 Å². The van der Waals surface area contributed by atoms with Gasteiger partial charge in [0, 0.05) is 24.2 Å². The maximum Gasteiger partial charge on any atom is 0.260 e. The molecule has 1 rings (SSSR count). The van der Waals surface area contributed by atoms with Crippen molar-refractivity contribution in [3.63, 3.8) is 0 Å². The highest BCUT2D eigenvalue weighted by atomic mass is 16.2. The Morgan fingerprint density at radius 1 is 0.403 bits per heavy atom. The molecule has 0 fully saturated rings. The fourth-order valence-electron chi connectivity index (χ4n) is 8.29. The Hall–Kier alpha value is -2.58. The topological polar surface area (TPSA) is 127 Å². The minimum atomic E-state index is -0.810. The lowest BCUT2D eigenvalue weighted by Crippen LogP contribution is -2.50. The molecule has 2 atom stereocenters. The molecule has 0 radical (unpaired) electrons. The molecule has 0 spiro atoms. The highest BCUT2D eigenvalue weighted by Crippen LogP contribution is 2.19. The van der Waals surface area contributed by atoms with Gasteiger partial charge < -0.3 is 11.5 Å². The normalized spacial score (nSPS) is 12.5. The smallest absolute Gasteiger partial charge is 0.260 e. The SMILES string of the molecule is CCCCCCCCCCCCCCCCCCN(C(=O)c1cccc(C(=O)N(CCCCCCCCCCCCCCCCCC)C(=O)[C@@H](N)C(C)C)c1)C(=O)[C@@H](N)C(C)C. The number of carbonyl (C=O) groups is 4. The van der Waals surface area contributed by atoms with Crippen LogP contribution in [0.25, 0.3) is 0 Å². The van der Waals surface area contributed by atoms with Gasteiger partial charge in [-0.25, -0.2) is 0 Å². The fraction of sp³-hybridized carbons (Fsp3) is 0.815. The van der Waals surface area contributed by atoms with E-state index in [-0.39, 0.29) is 36.1 Å². The van der Waals surface area contributed by atoms with Gasteiger partial charge >= 0.3 is 0 Å². The van der Waals surface area contributed by atoms with Gasteiger partial charge in [0.15, 0.2) is 0 Å². The van der Waals surface area contributed by atoms with E-state index >= 15 is 0 Å². The van der Waals surface area contributed by atoms with Crippen molar-refractivity contribution in [3.8, 4) is 0 Å². The standard InChI is InChI=1S/C54H98N4O4/c1-7-9-11-13-15-17-19-21-23-25-27-29-31-33-35-37-42-57(53(61)49(55)45(3)4)51(59)47-40-39-41-48(44-47)52(60)58(54(62)50(56)46(5)6)43-38-36-34-32-30-28-26-24-22-20-18-16-14-12-10-8-2/h39-41,44-46,49-50H,7-38,42-43,55-56H2,1-6H3/t49-,50-/m0/s1. The molecule has 0 saturated heterocycles. The molecule has 0 bridgehead atoms. The van der Waals surface area contributed by atoms with Gasteiger partial charge in [0.05, 0.1) is 12.1 Å². The molecule has 4 N–H and O–H groups in total. The largest absolute Gasteiger partial charge is 0.320 e. The van der Waals surface area contributed by atoms with E-state index < -0.39 is 35.7 Å². The van der Waals surface area contributed by atoms with Crippen LogP contribution in [0.4, 0.5) is 0 Å². The van der Waals surface area contributed by atoms with Gasteiger partial charge in [0.1, 0.15) is 0 Å². The quantitative estimate of drug-likeness (QED) is 0.0633. The summed E-state index contributed by atoms with van der Waals surface area (Å²) in [7, 11) is 0. The van der Waals surface area contributed by atoms with Gasteiger partial charge in [-0.15, -0.1) is 0 Å². The van der Waals surface area contributed by atoms with Gasteiger partial charge in [-0.3, -0.25) is 29.0 Å². The molecule has 0 aliphatic carbocycles. The Bertz CT molecular complexity index is 1210. The zero-order chi connectivity index (χ0) is 45.8. The third kappa shape index (κ3) is 26.3. The number of hydrogen-bond donors (Lipinski definition) is 2. The maximum absolute atomic E-state index is 14.1. The van der Waals surface area contributed by atoms with Crippen LogP contribution in [0.1, 0.15) is 268 Å². The molecule has 0 aliphatic heterocycles. The van der Waals surface area contributed by atoms with Gasteiger partial charge in [0.25, 0.3) is 11.8 Å². The minimum absolute atomic E-state index is 0.134. The number of nitrogens with two attached hydrogens (primary N) is 2. The molecule has 0 heterocycles. The van der Waals surface area contributed by atoms with Crippen molar-refractivity contribution in [2.45, 2.75) is 259 Å². The van der Waals surface area contributed by atoms with E-state index in [1.807, 2.05) is 27.7 Å². The Labute approximate surface area is 382 Å². The monoisotopic (exact) mass is 867 g/mol. The van der Waals surface area contributed by atoms with E-state index in [4.69, 9.17) is 11.5 Å². The van der Waals surface area contributed by atoms with Crippen LogP contribution in [0.5, 0.6) is 0 Å². The van der Waals surface area contributed by atoms with E-state index in [1.165, 1.54) is 170 Å². The summed E-state index contributed by atoms with van der Waals surface area (Å²) in [5.74, 6) is -1.99. The molecular formula is C54H98N4O4. The number of benzene rings is 1. The summed E-state index contributed by atoms with van der Waals surface area (Å²) in [6.45, 7) is 12.6. The Balaban J connectivity index is 2.70. The Morgan fingerprint density at radius 3 is 0.855 bits per heavy atom. The van der Waals surface area contributed by atoms with Crippen LogP contribution in [0.3, 0.4) is 0 Å². The molecule has 1 aromatic rings. The summed E-state index contributed by atoms with van der Waals surface area (Å²) in [4.78, 5) is 57.9. The van der Waals surface area contributed by atoms with E-state index in [0.29, 0.717) is 12.8 Å². The average molecular weight is 867 g/mol. The second-order valence-corrected chi connectivity index (χ2v) is 19.3. The lowest BCUT2D eigenvalue weighted by Gasteiger charge is -2.27. The van der Waals surface area contributed by atoms with Crippen LogP contribution in [0, 0.1) is 11.8 Å². The number of rotatable bonds is 40. The predicted molar refractivity (Wildman–Crippen MR) is 263 cm³/mol. The van der Waals surface area contributed by atoms with Gasteiger partial charge in [-0.05, 0) is 42.9 Å². The van der Waals surface area contributed by atoms with Crippen molar-refractivity contribution in [2.24, 2.45) is 23.3 Å².